The van der Waals surface area contributed by atoms with Crippen molar-refractivity contribution in [2.24, 2.45) is 0 Å². The van der Waals surface area contributed by atoms with E-state index in [1.165, 1.54) is 4.90 Å². The largest absolute Gasteiger partial charge is 0.298 e. The Labute approximate surface area is 211 Å². The summed E-state index contributed by atoms with van der Waals surface area (Å²) in [7, 11) is 0. The zero-order chi connectivity index (χ0) is 24.7. The monoisotopic (exact) mass is 503 g/mol. The number of aromatic nitrogens is 2. The van der Waals surface area contributed by atoms with E-state index in [0.717, 1.165) is 5.69 Å². The van der Waals surface area contributed by atoms with E-state index < -0.39 is 0 Å². The normalized spacial score (nSPS) is 12.8. The lowest BCUT2D eigenvalue weighted by Gasteiger charge is -2.19. The van der Waals surface area contributed by atoms with Gasteiger partial charge in [0.15, 0.2) is 5.78 Å². The van der Waals surface area contributed by atoms with Gasteiger partial charge in [0.1, 0.15) is 5.82 Å². The molecule has 0 atom stereocenters. The van der Waals surface area contributed by atoms with Gasteiger partial charge in [0.25, 0.3) is 11.8 Å². The first-order chi connectivity index (χ1) is 16.9. The maximum absolute atomic E-state index is 13.5. The molecule has 0 fully saturated rings. The van der Waals surface area contributed by atoms with Gasteiger partial charge >= 0.3 is 0 Å². The molecule has 1 aromatic heterocycles. The highest BCUT2D eigenvalue weighted by molar-refractivity contribution is 6.35. The lowest BCUT2D eigenvalue weighted by molar-refractivity contribution is 0.0637. The van der Waals surface area contributed by atoms with E-state index in [1.807, 2.05) is 11.5 Å². The summed E-state index contributed by atoms with van der Waals surface area (Å²) in [5.41, 5.74) is 2.77. The molecule has 35 heavy (non-hydrogen) atoms. The Bertz CT molecular complexity index is 1470. The Morgan fingerprint density at radius 1 is 0.886 bits per heavy atom. The summed E-state index contributed by atoms with van der Waals surface area (Å²) < 4.78 is 1.81. The van der Waals surface area contributed by atoms with Gasteiger partial charge in [0.05, 0.1) is 28.4 Å². The lowest BCUT2D eigenvalue weighted by Crippen LogP contribution is -2.30. The number of fused-ring (bicyclic) bond motifs is 1. The van der Waals surface area contributed by atoms with Crippen molar-refractivity contribution in [1.29, 1.82) is 0 Å². The number of hydrogen-bond acceptors (Lipinski definition) is 4. The van der Waals surface area contributed by atoms with E-state index in [0.29, 0.717) is 50.2 Å². The number of imidazole rings is 1. The minimum atomic E-state index is -0.373. The molecule has 2 amide bonds. The molecule has 0 spiro atoms. The molecule has 1 aliphatic rings. The predicted octanol–water partition coefficient (Wildman–Crippen LogP) is 5.77. The molecule has 0 saturated carbocycles. The van der Waals surface area contributed by atoms with Crippen LogP contribution in [0, 0.1) is 0 Å². The van der Waals surface area contributed by atoms with Gasteiger partial charge in [-0.2, -0.15) is 0 Å². The number of ketones is 1. The molecule has 8 heteroatoms. The SMILES string of the molecule is CCc1cnc(CN2C(=O)c3ccccc3C2=O)n1-c1ccc(Cl)cc1C(=O)c1ccccc1Cl. The van der Waals surface area contributed by atoms with Crippen molar-refractivity contribution in [3.63, 3.8) is 0 Å². The number of benzene rings is 3. The standard InChI is InChI=1S/C27H19Cl2N3O3/c1-2-17-14-30-24(15-31-26(34)18-7-3-4-8-19(18)27(31)35)32(17)23-12-11-16(28)13-21(23)25(33)20-9-5-6-10-22(20)29/h3-14H,2,15H2,1H3. The molecule has 5 rings (SSSR count). The van der Waals surface area contributed by atoms with Crippen LogP contribution in [0.15, 0.2) is 72.9 Å². The fourth-order valence-electron chi connectivity index (χ4n) is 4.28. The Balaban J connectivity index is 1.61. The molecule has 4 aromatic rings. The maximum atomic E-state index is 13.5. The van der Waals surface area contributed by atoms with Crippen molar-refractivity contribution in [1.82, 2.24) is 14.5 Å². The second-order valence-corrected chi connectivity index (χ2v) is 8.91. The highest BCUT2D eigenvalue weighted by atomic mass is 35.5. The Morgan fingerprint density at radius 2 is 1.54 bits per heavy atom. The smallest absolute Gasteiger partial charge is 0.261 e. The van der Waals surface area contributed by atoms with Gasteiger partial charge in [0.2, 0.25) is 0 Å². The highest BCUT2D eigenvalue weighted by Gasteiger charge is 2.36. The van der Waals surface area contributed by atoms with Gasteiger partial charge in [-0.1, -0.05) is 54.4 Å². The van der Waals surface area contributed by atoms with Gasteiger partial charge in [-0.15, -0.1) is 0 Å². The lowest BCUT2D eigenvalue weighted by atomic mass is 10.0. The number of halogens is 2. The van der Waals surface area contributed by atoms with Crippen molar-refractivity contribution in [3.8, 4) is 5.69 Å². The minimum absolute atomic E-state index is 0.0469. The third-order valence-electron chi connectivity index (χ3n) is 6.01. The summed E-state index contributed by atoms with van der Waals surface area (Å²) >= 11 is 12.6. The number of amides is 2. The first-order valence-electron chi connectivity index (χ1n) is 11.0. The van der Waals surface area contributed by atoms with Crippen molar-refractivity contribution in [3.05, 3.63) is 117 Å². The zero-order valence-electron chi connectivity index (χ0n) is 18.7. The van der Waals surface area contributed by atoms with Gasteiger partial charge < -0.3 is 0 Å². The fraction of sp³-hybridized carbons (Fsp3) is 0.111. The number of carbonyl (C=O) groups excluding carboxylic acids is 3. The molecule has 3 aromatic carbocycles. The Morgan fingerprint density at radius 3 is 2.20 bits per heavy atom. The van der Waals surface area contributed by atoms with E-state index in [9.17, 15) is 14.4 Å². The molecular weight excluding hydrogens is 485 g/mol. The van der Waals surface area contributed by atoms with E-state index in [4.69, 9.17) is 23.2 Å². The zero-order valence-corrected chi connectivity index (χ0v) is 20.2. The van der Waals surface area contributed by atoms with E-state index in [1.54, 1.807) is 72.9 Å². The van der Waals surface area contributed by atoms with Crippen molar-refractivity contribution >= 4 is 40.8 Å². The molecular formula is C27H19Cl2N3O3. The van der Waals surface area contributed by atoms with Crippen LogP contribution >= 0.6 is 23.2 Å². The van der Waals surface area contributed by atoms with Crippen LogP contribution in [0.25, 0.3) is 5.69 Å². The minimum Gasteiger partial charge on any atom is -0.298 e. The summed E-state index contributed by atoms with van der Waals surface area (Å²) in [5, 5.41) is 0.722. The first kappa shape index (κ1) is 23.0. The molecule has 0 unspecified atom stereocenters. The molecule has 1 aliphatic heterocycles. The van der Waals surface area contributed by atoms with Gasteiger partial charge in [0, 0.05) is 28.0 Å². The second kappa shape index (κ2) is 9.13. The van der Waals surface area contributed by atoms with Crippen LogP contribution in [0.2, 0.25) is 10.0 Å². The Hall–Kier alpha value is -3.74. The van der Waals surface area contributed by atoms with Crippen LogP contribution < -0.4 is 0 Å². The number of imide groups is 1. The molecule has 174 valence electrons. The number of rotatable bonds is 6. The summed E-state index contributed by atoms with van der Waals surface area (Å²) in [6.07, 6.45) is 2.29. The van der Waals surface area contributed by atoms with Gasteiger partial charge in [-0.25, -0.2) is 4.98 Å². The molecule has 0 N–H and O–H groups in total. The number of hydrogen-bond donors (Lipinski definition) is 0. The average Bonchev–Trinajstić information content (AvgIpc) is 3.38. The summed E-state index contributed by atoms with van der Waals surface area (Å²) in [6, 6.07) is 18.5. The van der Waals surface area contributed by atoms with Crippen molar-refractivity contribution in [2.75, 3.05) is 0 Å². The van der Waals surface area contributed by atoms with Crippen LogP contribution in [0.4, 0.5) is 0 Å². The number of nitrogens with zero attached hydrogens (tertiary/aromatic N) is 3. The van der Waals surface area contributed by atoms with E-state index >= 15 is 0 Å². The molecule has 6 nitrogen and oxygen atoms in total. The number of carbonyl (C=O) groups is 3. The molecule has 0 bridgehead atoms. The van der Waals surface area contributed by atoms with Crippen LogP contribution in [-0.2, 0) is 13.0 Å². The molecule has 0 radical (unpaired) electrons. The summed E-state index contributed by atoms with van der Waals surface area (Å²) in [5.74, 6) is -0.592. The predicted molar refractivity (Wildman–Crippen MR) is 133 cm³/mol. The summed E-state index contributed by atoms with van der Waals surface area (Å²) in [6.45, 7) is 1.92. The first-order valence-corrected chi connectivity index (χ1v) is 11.8. The second-order valence-electron chi connectivity index (χ2n) is 8.07. The van der Waals surface area contributed by atoms with Crippen LogP contribution in [-0.4, -0.2) is 32.0 Å². The third-order valence-corrected chi connectivity index (χ3v) is 6.58. The molecule has 0 aliphatic carbocycles. The average molecular weight is 504 g/mol. The van der Waals surface area contributed by atoms with Crippen LogP contribution in [0.3, 0.4) is 0 Å². The summed E-state index contributed by atoms with van der Waals surface area (Å²) in [4.78, 5) is 45.2. The van der Waals surface area contributed by atoms with Crippen LogP contribution in [0.5, 0.6) is 0 Å². The third kappa shape index (κ3) is 3.95. The van der Waals surface area contributed by atoms with E-state index in [2.05, 4.69) is 4.98 Å². The molecule has 2 heterocycles. The molecule has 0 saturated heterocycles. The quantitative estimate of drug-likeness (QED) is 0.247. The van der Waals surface area contributed by atoms with E-state index in [-0.39, 0.29) is 24.1 Å². The van der Waals surface area contributed by atoms with Crippen LogP contribution in [0.1, 0.15) is 55.1 Å². The van der Waals surface area contributed by atoms with Gasteiger partial charge in [-0.05, 0) is 48.9 Å². The highest BCUT2D eigenvalue weighted by Crippen LogP contribution is 2.30. The van der Waals surface area contributed by atoms with Crippen molar-refractivity contribution < 1.29 is 14.4 Å². The maximum Gasteiger partial charge on any atom is 0.261 e. The van der Waals surface area contributed by atoms with Gasteiger partial charge in [-0.3, -0.25) is 23.9 Å². The topological polar surface area (TPSA) is 72.3 Å². The van der Waals surface area contributed by atoms with Crippen molar-refractivity contribution in [2.45, 2.75) is 19.9 Å². The number of aryl methyl sites for hydroxylation is 1. The fourth-order valence-corrected chi connectivity index (χ4v) is 4.68. The Kier molecular flexibility index (Phi) is 6.01.